The molecule has 2 heteroatoms. The smallest absolute Gasteiger partial charge is 0.0645 e. The van der Waals surface area contributed by atoms with Crippen molar-refractivity contribution >= 4 is 70.1 Å². The molecule has 0 spiro atoms. The van der Waals surface area contributed by atoms with Crippen molar-refractivity contribution in [1.82, 2.24) is 0 Å². The maximum Gasteiger partial charge on any atom is 0.0645 e. The zero-order chi connectivity index (χ0) is 41.9. The molecule has 0 N–H and O–H groups in total. The molecule has 0 radical (unpaired) electrons. The lowest BCUT2D eigenvalue weighted by Gasteiger charge is -2.26. The van der Waals surface area contributed by atoms with Crippen molar-refractivity contribution < 1.29 is 5.48 Å². The summed E-state index contributed by atoms with van der Waals surface area (Å²) < 4.78 is 40.4. The Morgan fingerprint density at radius 3 is 1.59 bits per heavy atom. The van der Waals surface area contributed by atoms with Crippen molar-refractivity contribution in [3.05, 3.63) is 224 Å². The Balaban J connectivity index is 1.02. The zero-order valence-corrected chi connectivity index (χ0v) is 32.2. The number of rotatable bonds is 7. The van der Waals surface area contributed by atoms with Crippen LogP contribution in [0.4, 0.5) is 17.1 Å². The summed E-state index contributed by atoms with van der Waals surface area (Å²) in [6.07, 6.45) is 0. The van der Waals surface area contributed by atoms with Gasteiger partial charge in [0, 0.05) is 37.2 Å². The molecule has 0 saturated carbocycles. The molecule has 0 unspecified atom stereocenters. The van der Waals surface area contributed by atoms with Gasteiger partial charge in [-0.1, -0.05) is 176 Å². The fourth-order valence-electron chi connectivity index (χ4n) is 8.20. The van der Waals surface area contributed by atoms with Gasteiger partial charge in [0.1, 0.15) is 0 Å². The van der Waals surface area contributed by atoms with E-state index in [0.717, 1.165) is 60.9 Å². The largest absolute Gasteiger partial charge is 0.311 e. The quantitative estimate of drug-likeness (QED) is 0.156. The van der Waals surface area contributed by atoms with Gasteiger partial charge in [0.05, 0.1) is 5.48 Å². The highest BCUT2D eigenvalue weighted by atomic mass is 32.1. The van der Waals surface area contributed by atoms with E-state index in [9.17, 15) is 5.48 Å². The van der Waals surface area contributed by atoms with Crippen molar-refractivity contribution in [2.75, 3.05) is 4.90 Å². The number of anilines is 3. The van der Waals surface area contributed by atoms with Gasteiger partial charge in [-0.05, 0) is 115 Å². The third-order valence-electron chi connectivity index (χ3n) is 11.2. The summed E-state index contributed by atoms with van der Waals surface area (Å²) in [5.74, 6) is 0. The molecule has 11 aromatic rings. The molecule has 0 amide bonds. The molecule has 0 bridgehead atoms. The van der Waals surface area contributed by atoms with Crippen molar-refractivity contribution in [3.8, 4) is 44.5 Å². The van der Waals surface area contributed by atoms with E-state index in [-0.39, 0.29) is 35.4 Å². The molecule has 0 saturated heterocycles. The molecule has 0 atom stereocenters. The van der Waals surface area contributed by atoms with Gasteiger partial charge in [-0.15, -0.1) is 11.3 Å². The van der Waals surface area contributed by atoms with Gasteiger partial charge < -0.3 is 4.90 Å². The van der Waals surface area contributed by atoms with Gasteiger partial charge in [-0.25, -0.2) is 0 Å². The van der Waals surface area contributed by atoms with Crippen LogP contribution in [0.2, 0.25) is 0 Å². The third-order valence-corrected chi connectivity index (χ3v) is 12.4. The first kappa shape index (κ1) is 30.0. The summed E-state index contributed by atoms with van der Waals surface area (Å²) in [6.45, 7) is 0. The molecule has 0 aliphatic heterocycles. The van der Waals surface area contributed by atoms with Gasteiger partial charge in [-0.3, -0.25) is 0 Å². The standard InChI is InChI=1S/C56H37NS/c1-2-11-45-37-46(24-23-38(45)9-1)41-21-19-39(20-22-41)40-25-31-47(32-26-40)57(48-33-27-43(28-34-48)51-15-7-12-42-10-3-4-13-50(42)51)49-35-29-44(30-36-49)52-16-8-17-54-53-14-5-6-18-55(53)58-56(52)54/h1-37H/i25D,26D,31D,32D. The normalized spacial score (nSPS) is 12.4. The molecule has 1 aromatic heterocycles. The van der Waals surface area contributed by atoms with Crippen LogP contribution in [0.5, 0.6) is 0 Å². The first-order valence-electron chi connectivity index (χ1n) is 21.5. The Hall–Kier alpha value is -7.26. The summed E-state index contributed by atoms with van der Waals surface area (Å²) in [5, 5.41) is 7.12. The van der Waals surface area contributed by atoms with Crippen molar-refractivity contribution in [3.63, 3.8) is 0 Å². The lowest BCUT2D eigenvalue weighted by Crippen LogP contribution is -2.09. The molecule has 0 aliphatic rings. The van der Waals surface area contributed by atoms with Gasteiger partial charge >= 0.3 is 0 Å². The van der Waals surface area contributed by atoms with Crippen LogP contribution in [-0.2, 0) is 0 Å². The minimum atomic E-state index is -0.114. The molecule has 0 aliphatic carbocycles. The lowest BCUT2D eigenvalue weighted by molar-refractivity contribution is 1.28. The Morgan fingerprint density at radius 2 is 0.845 bits per heavy atom. The van der Waals surface area contributed by atoms with E-state index in [4.69, 9.17) is 0 Å². The molecular formula is C56H37NS. The van der Waals surface area contributed by atoms with Gasteiger partial charge in [0.25, 0.3) is 0 Å². The van der Waals surface area contributed by atoms with E-state index in [2.05, 4.69) is 133 Å². The van der Waals surface area contributed by atoms with Crippen LogP contribution in [0.3, 0.4) is 0 Å². The van der Waals surface area contributed by atoms with E-state index in [1.165, 1.54) is 25.6 Å². The molecule has 272 valence electrons. The molecule has 11 rings (SSSR count). The van der Waals surface area contributed by atoms with Crippen LogP contribution in [0.1, 0.15) is 5.48 Å². The van der Waals surface area contributed by atoms with E-state index in [1.807, 2.05) is 71.6 Å². The number of fused-ring (bicyclic) bond motifs is 5. The van der Waals surface area contributed by atoms with Crippen molar-refractivity contribution in [2.45, 2.75) is 0 Å². The van der Waals surface area contributed by atoms with Gasteiger partial charge in [0.15, 0.2) is 0 Å². The number of benzene rings is 10. The van der Waals surface area contributed by atoms with Crippen LogP contribution < -0.4 is 4.90 Å². The molecule has 1 heterocycles. The molecule has 58 heavy (non-hydrogen) atoms. The highest BCUT2D eigenvalue weighted by Gasteiger charge is 2.16. The minimum absolute atomic E-state index is 0.0927. The van der Waals surface area contributed by atoms with Gasteiger partial charge in [-0.2, -0.15) is 0 Å². The summed E-state index contributed by atoms with van der Waals surface area (Å²) in [6, 6.07) is 68.0. The topological polar surface area (TPSA) is 3.24 Å². The number of hydrogen-bond donors (Lipinski definition) is 0. The summed E-state index contributed by atoms with van der Waals surface area (Å²) in [7, 11) is 0. The minimum Gasteiger partial charge on any atom is -0.311 e. The summed E-state index contributed by atoms with van der Waals surface area (Å²) in [5.41, 5.74) is 8.96. The second-order valence-electron chi connectivity index (χ2n) is 14.6. The maximum absolute atomic E-state index is 9.56. The predicted molar refractivity (Wildman–Crippen MR) is 251 cm³/mol. The Kier molecular flexibility index (Phi) is 7.41. The fraction of sp³-hybridized carbons (Fsp3) is 0. The first-order valence-corrected chi connectivity index (χ1v) is 20.3. The molecule has 1 nitrogen and oxygen atoms in total. The van der Waals surface area contributed by atoms with Crippen LogP contribution >= 0.6 is 11.3 Å². The van der Waals surface area contributed by atoms with Crippen molar-refractivity contribution in [1.29, 1.82) is 0 Å². The van der Waals surface area contributed by atoms with E-state index < -0.39 is 0 Å². The lowest BCUT2D eigenvalue weighted by atomic mass is 9.97. The first-order chi connectivity index (χ1) is 30.4. The number of thiophene rings is 1. The second-order valence-corrected chi connectivity index (χ2v) is 15.7. The van der Waals surface area contributed by atoms with E-state index in [1.54, 1.807) is 11.3 Å². The van der Waals surface area contributed by atoms with Crippen LogP contribution in [0.15, 0.2) is 224 Å². The average Bonchev–Trinajstić information content (AvgIpc) is 3.72. The Labute approximate surface area is 348 Å². The molecule has 10 aromatic carbocycles. The second kappa shape index (κ2) is 14.4. The molecule has 0 fully saturated rings. The SMILES string of the molecule is [2H]c1c([2H])c(N(c2ccc(-c3cccc4ccccc34)cc2)c2ccc(-c3cccc4c3sc3ccccc34)cc2)c([2H])c([2H])c1-c1ccc(-c2ccc3ccccc3c2)cc1. The highest BCUT2D eigenvalue weighted by molar-refractivity contribution is 7.26. The summed E-state index contributed by atoms with van der Waals surface area (Å²) in [4.78, 5) is 1.87. The van der Waals surface area contributed by atoms with Crippen molar-refractivity contribution in [2.24, 2.45) is 0 Å². The number of nitrogens with zero attached hydrogens (tertiary/aromatic N) is 1. The average molecular weight is 760 g/mol. The Bertz CT molecular complexity index is 3470. The summed E-state index contributed by atoms with van der Waals surface area (Å²) >= 11 is 1.79. The highest BCUT2D eigenvalue weighted by Crippen LogP contribution is 2.42. The fourth-order valence-corrected chi connectivity index (χ4v) is 9.44. The van der Waals surface area contributed by atoms with Crippen LogP contribution in [0.25, 0.3) is 86.2 Å². The van der Waals surface area contributed by atoms with Crippen LogP contribution in [0, 0.1) is 0 Å². The predicted octanol–water partition coefficient (Wildman–Crippen LogP) is 16.5. The third kappa shape index (κ3) is 6.12. The Morgan fingerprint density at radius 1 is 0.328 bits per heavy atom. The van der Waals surface area contributed by atoms with E-state index >= 15 is 0 Å². The maximum atomic E-state index is 9.56. The van der Waals surface area contributed by atoms with E-state index in [0.29, 0.717) is 5.56 Å². The van der Waals surface area contributed by atoms with Gasteiger partial charge in [0.2, 0.25) is 0 Å². The zero-order valence-electron chi connectivity index (χ0n) is 35.4. The van der Waals surface area contributed by atoms with Crippen LogP contribution in [-0.4, -0.2) is 0 Å². The molecular weight excluding hydrogens is 719 g/mol. The number of hydrogen-bond acceptors (Lipinski definition) is 2. The monoisotopic (exact) mass is 759 g/mol.